The molecule has 1 atom stereocenters. The molecule has 12 heavy (non-hydrogen) atoms. The van der Waals surface area contributed by atoms with E-state index in [4.69, 9.17) is 0 Å². The molecular formula is C11H22O. The van der Waals surface area contributed by atoms with Crippen molar-refractivity contribution in [2.24, 2.45) is 16.2 Å². The van der Waals surface area contributed by atoms with Crippen LogP contribution in [0.25, 0.3) is 0 Å². The molecule has 72 valence electrons. The van der Waals surface area contributed by atoms with E-state index in [9.17, 15) is 5.11 Å². The molecule has 0 heterocycles. The van der Waals surface area contributed by atoms with Gasteiger partial charge in [0.05, 0.1) is 0 Å². The Morgan fingerprint density at radius 3 is 1.83 bits per heavy atom. The largest absolute Gasteiger partial charge is 0.396 e. The summed E-state index contributed by atoms with van der Waals surface area (Å²) in [6.45, 7) is 11.6. The Morgan fingerprint density at radius 2 is 1.75 bits per heavy atom. The summed E-state index contributed by atoms with van der Waals surface area (Å²) in [7, 11) is 0. The maximum atomic E-state index is 9.46. The van der Waals surface area contributed by atoms with Gasteiger partial charge in [0.1, 0.15) is 0 Å². The molecule has 0 spiro atoms. The lowest BCUT2D eigenvalue weighted by atomic mass is 9.70. The van der Waals surface area contributed by atoms with Crippen molar-refractivity contribution in [2.45, 2.75) is 47.5 Å². The second-order valence-corrected chi connectivity index (χ2v) is 5.54. The first-order valence-electron chi connectivity index (χ1n) is 4.94. The fourth-order valence-corrected chi connectivity index (χ4v) is 2.69. The highest BCUT2D eigenvalue weighted by Crippen LogP contribution is 2.72. The van der Waals surface area contributed by atoms with E-state index < -0.39 is 0 Å². The lowest BCUT2D eigenvalue weighted by Crippen LogP contribution is -2.32. The van der Waals surface area contributed by atoms with E-state index in [0.29, 0.717) is 12.0 Å². The van der Waals surface area contributed by atoms with Gasteiger partial charge in [0.25, 0.3) is 0 Å². The molecule has 0 amide bonds. The third-order valence-corrected chi connectivity index (χ3v) is 4.36. The summed E-state index contributed by atoms with van der Waals surface area (Å²) < 4.78 is 0. The van der Waals surface area contributed by atoms with Crippen LogP contribution in [0.1, 0.15) is 47.5 Å². The second kappa shape index (κ2) is 2.47. The zero-order valence-corrected chi connectivity index (χ0v) is 9.07. The van der Waals surface area contributed by atoms with Gasteiger partial charge in [-0.1, -0.05) is 41.0 Å². The van der Waals surface area contributed by atoms with E-state index in [1.165, 1.54) is 6.42 Å². The molecule has 1 unspecified atom stereocenters. The molecule has 1 nitrogen and oxygen atoms in total. The standard InChI is InChI=1S/C11H22O/c1-6-9(2,3)11(8-12)7-10(11,4)5/h12H,6-8H2,1-5H3. The molecule has 1 heteroatoms. The number of aliphatic hydroxyl groups excluding tert-OH is 1. The molecule has 1 N–H and O–H groups in total. The Labute approximate surface area is 76.2 Å². The Kier molecular flexibility index (Phi) is 2.07. The first-order chi connectivity index (χ1) is 5.33. The van der Waals surface area contributed by atoms with Crippen LogP contribution in [-0.4, -0.2) is 11.7 Å². The van der Waals surface area contributed by atoms with Crippen molar-refractivity contribution in [1.29, 1.82) is 0 Å². The van der Waals surface area contributed by atoms with E-state index in [1.807, 2.05) is 0 Å². The fourth-order valence-electron chi connectivity index (χ4n) is 2.69. The quantitative estimate of drug-likeness (QED) is 0.690. The Morgan fingerprint density at radius 1 is 1.33 bits per heavy atom. The normalized spacial score (nSPS) is 33.5. The van der Waals surface area contributed by atoms with Crippen LogP contribution in [0.5, 0.6) is 0 Å². The van der Waals surface area contributed by atoms with Gasteiger partial charge >= 0.3 is 0 Å². The minimum absolute atomic E-state index is 0.189. The van der Waals surface area contributed by atoms with Crippen LogP contribution in [0.4, 0.5) is 0 Å². The Balaban J connectivity index is 2.86. The minimum Gasteiger partial charge on any atom is -0.396 e. The summed E-state index contributed by atoms with van der Waals surface area (Å²) in [6.07, 6.45) is 2.33. The molecule has 0 aromatic rings. The van der Waals surface area contributed by atoms with Gasteiger partial charge in [0.15, 0.2) is 0 Å². The molecule has 1 aliphatic carbocycles. The number of hydrogen-bond donors (Lipinski definition) is 1. The van der Waals surface area contributed by atoms with Gasteiger partial charge in [-0.25, -0.2) is 0 Å². The Bertz CT molecular complexity index is 181. The van der Waals surface area contributed by atoms with Crippen LogP contribution >= 0.6 is 0 Å². The van der Waals surface area contributed by atoms with E-state index in [0.717, 1.165) is 6.42 Å². The predicted octanol–water partition coefficient (Wildman–Crippen LogP) is 2.83. The van der Waals surface area contributed by atoms with E-state index >= 15 is 0 Å². The topological polar surface area (TPSA) is 20.2 Å². The van der Waals surface area contributed by atoms with Crippen molar-refractivity contribution in [3.8, 4) is 0 Å². The van der Waals surface area contributed by atoms with Crippen molar-refractivity contribution in [3.05, 3.63) is 0 Å². The van der Waals surface area contributed by atoms with Crippen LogP contribution in [0.3, 0.4) is 0 Å². The summed E-state index contributed by atoms with van der Waals surface area (Å²) >= 11 is 0. The lowest BCUT2D eigenvalue weighted by molar-refractivity contribution is 0.0602. The van der Waals surface area contributed by atoms with Crippen LogP contribution in [-0.2, 0) is 0 Å². The molecular weight excluding hydrogens is 148 g/mol. The first-order valence-corrected chi connectivity index (χ1v) is 4.94. The number of aliphatic hydroxyl groups is 1. The van der Waals surface area contributed by atoms with Crippen molar-refractivity contribution in [2.75, 3.05) is 6.61 Å². The van der Waals surface area contributed by atoms with Crippen molar-refractivity contribution < 1.29 is 5.11 Å². The average Bonchev–Trinajstić information content (AvgIpc) is 2.55. The lowest BCUT2D eigenvalue weighted by Gasteiger charge is -2.35. The van der Waals surface area contributed by atoms with Crippen molar-refractivity contribution >= 4 is 0 Å². The summed E-state index contributed by atoms with van der Waals surface area (Å²) in [5.74, 6) is 0. The molecule has 0 saturated heterocycles. The van der Waals surface area contributed by atoms with Crippen LogP contribution in [0.15, 0.2) is 0 Å². The summed E-state index contributed by atoms with van der Waals surface area (Å²) in [4.78, 5) is 0. The smallest absolute Gasteiger partial charge is 0.0497 e. The summed E-state index contributed by atoms with van der Waals surface area (Å²) in [6, 6.07) is 0. The highest BCUT2D eigenvalue weighted by atomic mass is 16.3. The van der Waals surface area contributed by atoms with Gasteiger partial charge in [-0.2, -0.15) is 0 Å². The van der Waals surface area contributed by atoms with E-state index in [-0.39, 0.29) is 10.8 Å². The van der Waals surface area contributed by atoms with E-state index in [2.05, 4.69) is 34.6 Å². The molecule has 0 bridgehead atoms. The van der Waals surface area contributed by atoms with Crippen LogP contribution in [0.2, 0.25) is 0 Å². The molecule has 1 rings (SSSR count). The van der Waals surface area contributed by atoms with Crippen molar-refractivity contribution in [3.63, 3.8) is 0 Å². The zero-order chi connectivity index (χ0) is 9.62. The van der Waals surface area contributed by atoms with Gasteiger partial charge in [-0.3, -0.25) is 0 Å². The predicted molar refractivity (Wildman–Crippen MR) is 52.0 cm³/mol. The zero-order valence-electron chi connectivity index (χ0n) is 9.07. The van der Waals surface area contributed by atoms with Crippen LogP contribution in [0, 0.1) is 16.2 Å². The molecule has 1 saturated carbocycles. The molecule has 0 aliphatic heterocycles. The minimum atomic E-state index is 0.189. The second-order valence-electron chi connectivity index (χ2n) is 5.54. The van der Waals surface area contributed by atoms with Gasteiger partial charge in [0.2, 0.25) is 0 Å². The van der Waals surface area contributed by atoms with Gasteiger partial charge < -0.3 is 5.11 Å². The average molecular weight is 170 g/mol. The maximum absolute atomic E-state index is 9.46. The number of rotatable bonds is 3. The SMILES string of the molecule is CCC(C)(C)C1(CO)CC1(C)C. The third kappa shape index (κ3) is 1.02. The number of hydrogen-bond acceptors (Lipinski definition) is 1. The fraction of sp³-hybridized carbons (Fsp3) is 1.00. The van der Waals surface area contributed by atoms with Gasteiger partial charge in [0, 0.05) is 12.0 Å². The molecule has 1 aliphatic rings. The third-order valence-electron chi connectivity index (χ3n) is 4.36. The van der Waals surface area contributed by atoms with Gasteiger partial charge in [-0.15, -0.1) is 0 Å². The van der Waals surface area contributed by atoms with Crippen molar-refractivity contribution in [1.82, 2.24) is 0 Å². The highest BCUT2D eigenvalue weighted by Gasteiger charge is 2.66. The molecule has 0 radical (unpaired) electrons. The first kappa shape index (κ1) is 10.0. The molecule has 1 fully saturated rings. The Hall–Kier alpha value is -0.0400. The van der Waals surface area contributed by atoms with Crippen LogP contribution < -0.4 is 0 Å². The monoisotopic (exact) mass is 170 g/mol. The van der Waals surface area contributed by atoms with Gasteiger partial charge in [-0.05, 0) is 17.3 Å². The summed E-state index contributed by atoms with van der Waals surface area (Å²) in [5, 5.41) is 9.46. The summed E-state index contributed by atoms with van der Waals surface area (Å²) in [5.41, 5.74) is 0.821. The highest BCUT2D eigenvalue weighted by molar-refractivity contribution is 5.15. The van der Waals surface area contributed by atoms with E-state index in [1.54, 1.807) is 0 Å². The maximum Gasteiger partial charge on any atom is 0.0497 e. The molecule has 0 aromatic heterocycles. The molecule has 0 aromatic carbocycles.